The summed E-state index contributed by atoms with van der Waals surface area (Å²) in [6.07, 6.45) is 5.40. The third kappa shape index (κ3) is 3.59. The summed E-state index contributed by atoms with van der Waals surface area (Å²) in [5, 5.41) is 3.48. The molecule has 0 bridgehead atoms. The highest BCUT2D eigenvalue weighted by atomic mass is 16.2. The van der Waals surface area contributed by atoms with E-state index in [0.717, 1.165) is 31.9 Å². The number of nitrogens with two attached hydrogens (primary N) is 1. The van der Waals surface area contributed by atoms with Crippen LogP contribution in [-0.4, -0.2) is 51.5 Å². The van der Waals surface area contributed by atoms with Crippen molar-refractivity contribution in [2.45, 2.75) is 12.8 Å². The first kappa shape index (κ1) is 18.1. The molecule has 1 aliphatic rings. The number of carbonyl (C=O) groups excluding carboxylic acids is 1. The van der Waals surface area contributed by atoms with Gasteiger partial charge in [0.05, 0.1) is 5.39 Å². The molecule has 4 rings (SSSR count). The first-order valence-corrected chi connectivity index (χ1v) is 9.37. The quantitative estimate of drug-likeness (QED) is 0.671. The topological polar surface area (TPSA) is 106 Å². The van der Waals surface area contributed by atoms with E-state index in [1.807, 2.05) is 30.3 Å². The molecule has 0 aliphatic carbocycles. The Hall–Kier alpha value is -3.26. The zero-order valence-corrected chi connectivity index (χ0v) is 15.5. The number of benzene rings is 1. The van der Waals surface area contributed by atoms with Crippen LogP contribution in [-0.2, 0) is 0 Å². The Morgan fingerprint density at radius 2 is 1.93 bits per heavy atom. The molecule has 1 amide bonds. The Bertz CT molecular complexity index is 1060. The number of amides is 1. The summed E-state index contributed by atoms with van der Waals surface area (Å²) in [6, 6.07) is 9.39. The van der Waals surface area contributed by atoms with E-state index in [0.29, 0.717) is 11.6 Å². The second kappa shape index (κ2) is 7.77. The molecule has 0 spiro atoms. The summed E-state index contributed by atoms with van der Waals surface area (Å²) in [6.45, 7) is 3.90. The standard InChI is InChI=1S/C20H22N6O2/c21-18(28)16-13-26(14-6-2-1-3-7-14)19-15(17(16)27)12-23-20(24-19)22-8-11-25-9-4-5-10-25/h1-3,6-7,12-13H,4-5,8-11H2,(H2,21,28)(H,22,23,24). The lowest BCUT2D eigenvalue weighted by molar-refractivity contribution is 0.0999. The number of aromatic nitrogens is 3. The lowest BCUT2D eigenvalue weighted by Crippen LogP contribution is -2.27. The minimum Gasteiger partial charge on any atom is -0.365 e. The summed E-state index contributed by atoms with van der Waals surface area (Å²) < 4.78 is 1.70. The summed E-state index contributed by atoms with van der Waals surface area (Å²) in [5.41, 5.74) is 6.05. The average molecular weight is 378 g/mol. The molecule has 3 aromatic rings. The molecular weight excluding hydrogens is 356 g/mol. The van der Waals surface area contributed by atoms with Gasteiger partial charge in [-0.3, -0.25) is 9.59 Å². The summed E-state index contributed by atoms with van der Waals surface area (Å²) in [7, 11) is 0. The predicted octanol–water partition coefficient (Wildman–Crippen LogP) is 1.39. The third-order valence-electron chi connectivity index (χ3n) is 4.95. The zero-order chi connectivity index (χ0) is 19.5. The maximum absolute atomic E-state index is 12.6. The second-order valence-electron chi connectivity index (χ2n) is 6.85. The number of primary amides is 1. The molecule has 0 atom stereocenters. The van der Waals surface area contributed by atoms with Crippen molar-refractivity contribution >= 4 is 22.9 Å². The molecule has 2 aromatic heterocycles. The average Bonchev–Trinajstić information content (AvgIpc) is 3.22. The first-order valence-electron chi connectivity index (χ1n) is 9.37. The van der Waals surface area contributed by atoms with Gasteiger partial charge in [0.2, 0.25) is 11.4 Å². The van der Waals surface area contributed by atoms with Crippen molar-refractivity contribution in [3.8, 4) is 5.69 Å². The van der Waals surface area contributed by atoms with Crippen LogP contribution in [0.25, 0.3) is 16.7 Å². The van der Waals surface area contributed by atoms with Crippen LogP contribution in [0.5, 0.6) is 0 Å². The number of nitrogens with zero attached hydrogens (tertiary/aromatic N) is 4. The Labute approximate surface area is 162 Å². The number of likely N-dealkylation sites (tertiary alicyclic amines) is 1. The maximum Gasteiger partial charge on any atom is 0.254 e. The molecule has 3 N–H and O–H groups in total. The number of rotatable bonds is 6. The molecular formula is C20H22N6O2. The van der Waals surface area contributed by atoms with Crippen LogP contribution in [0.4, 0.5) is 5.95 Å². The molecule has 0 unspecified atom stereocenters. The van der Waals surface area contributed by atoms with Gasteiger partial charge in [-0.05, 0) is 38.1 Å². The molecule has 28 heavy (non-hydrogen) atoms. The van der Waals surface area contributed by atoms with Crippen LogP contribution in [0, 0.1) is 0 Å². The number of nitrogens with one attached hydrogen (secondary N) is 1. The first-order chi connectivity index (χ1) is 13.6. The molecule has 0 radical (unpaired) electrons. The van der Waals surface area contributed by atoms with E-state index >= 15 is 0 Å². The van der Waals surface area contributed by atoms with E-state index in [2.05, 4.69) is 20.2 Å². The minimum absolute atomic E-state index is 0.0882. The van der Waals surface area contributed by atoms with Crippen LogP contribution in [0.2, 0.25) is 0 Å². The number of anilines is 1. The van der Waals surface area contributed by atoms with Gasteiger partial charge in [0.1, 0.15) is 5.56 Å². The fourth-order valence-electron chi connectivity index (χ4n) is 3.49. The van der Waals surface area contributed by atoms with Gasteiger partial charge in [0.15, 0.2) is 5.65 Å². The molecule has 1 fully saturated rings. The van der Waals surface area contributed by atoms with Crippen molar-refractivity contribution < 1.29 is 4.79 Å². The van der Waals surface area contributed by atoms with Crippen LogP contribution >= 0.6 is 0 Å². The molecule has 1 saturated heterocycles. The lowest BCUT2D eigenvalue weighted by atomic mass is 10.2. The van der Waals surface area contributed by atoms with Crippen LogP contribution in [0.15, 0.2) is 47.5 Å². The molecule has 8 nitrogen and oxygen atoms in total. The van der Waals surface area contributed by atoms with Gasteiger partial charge in [0.25, 0.3) is 5.91 Å². The van der Waals surface area contributed by atoms with Crippen molar-refractivity contribution in [2.75, 3.05) is 31.5 Å². The van der Waals surface area contributed by atoms with Gasteiger partial charge in [-0.15, -0.1) is 0 Å². The molecule has 8 heteroatoms. The van der Waals surface area contributed by atoms with Crippen molar-refractivity contribution in [3.63, 3.8) is 0 Å². The molecule has 0 saturated carbocycles. The van der Waals surface area contributed by atoms with Gasteiger partial charge in [-0.1, -0.05) is 18.2 Å². The van der Waals surface area contributed by atoms with Gasteiger partial charge >= 0.3 is 0 Å². The summed E-state index contributed by atoms with van der Waals surface area (Å²) >= 11 is 0. The normalized spacial score (nSPS) is 14.4. The van der Waals surface area contributed by atoms with E-state index in [-0.39, 0.29) is 10.9 Å². The van der Waals surface area contributed by atoms with Gasteiger partial charge in [0, 0.05) is 31.2 Å². The van der Waals surface area contributed by atoms with E-state index in [1.165, 1.54) is 25.2 Å². The molecule has 1 aliphatic heterocycles. The van der Waals surface area contributed by atoms with E-state index in [4.69, 9.17) is 5.73 Å². The number of carbonyl (C=O) groups is 1. The van der Waals surface area contributed by atoms with Gasteiger partial charge < -0.3 is 20.5 Å². The number of pyridine rings is 1. The summed E-state index contributed by atoms with van der Waals surface area (Å²) in [5.74, 6) is -0.327. The van der Waals surface area contributed by atoms with Crippen LogP contribution in [0.1, 0.15) is 23.2 Å². The van der Waals surface area contributed by atoms with Gasteiger partial charge in [-0.2, -0.15) is 4.98 Å². The van der Waals surface area contributed by atoms with E-state index < -0.39 is 11.3 Å². The monoisotopic (exact) mass is 378 g/mol. The highest BCUT2D eigenvalue weighted by Crippen LogP contribution is 2.17. The molecule has 1 aromatic carbocycles. The number of hydrogen-bond donors (Lipinski definition) is 2. The Kier molecular flexibility index (Phi) is 5.03. The van der Waals surface area contributed by atoms with Gasteiger partial charge in [-0.25, -0.2) is 4.98 Å². The zero-order valence-electron chi connectivity index (χ0n) is 15.5. The van der Waals surface area contributed by atoms with Crippen molar-refractivity contribution in [3.05, 3.63) is 58.5 Å². The van der Waals surface area contributed by atoms with E-state index in [1.54, 1.807) is 4.57 Å². The predicted molar refractivity (Wildman–Crippen MR) is 108 cm³/mol. The fraction of sp³-hybridized carbons (Fsp3) is 0.300. The van der Waals surface area contributed by atoms with Crippen LogP contribution < -0.4 is 16.5 Å². The largest absolute Gasteiger partial charge is 0.365 e. The Morgan fingerprint density at radius 1 is 1.18 bits per heavy atom. The molecule has 144 valence electrons. The fourth-order valence-corrected chi connectivity index (χ4v) is 3.49. The van der Waals surface area contributed by atoms with Crippen LogP contribution in [0.3, 0.4) is 0 Å². The van der Waals surface area contributed by atoms with Crippen molar-refractivity contribution in [1.29, 1.82) is 0 Å². The van der Waals surface area contributed by atoms with Crippen molar-refractivity contribution in [2.24, 2.45) is 5.73 Å². The number of fused-ring (bicyclic) bond motifs is 1. The lowest BCUT2D eigenvalue weighted by Gasteiger charge is -2.15. The molecule has 3 heterocycles. The highest BCUT2D eigenvalue weighted by molar-refractivity contribution is 5.96. The second-order valence-corrected chi connectivity index (χ2v) is 6.85. The van der Waals surface area contributed by atoms with Crippen molar-refractivity contribution in [1.82, 2.24) is 19.4 Å². The SMILES string of the molecule is NC(=O)c1cn(-c2ccccc2)c2nc(NCCN3CCCC3)ncc2c1=O. The third-order valence-corrected chi connectivity index (χ3v) is 4.95. The Balaban J connectivity index is 1.72. The Morgan fingerprint density at radius 3 is 2.64 bits per heavy atom. The maximum atomic E-state index is 12.6. The number of para-hydroxylation sites is 1. The smallest absolute Gasteiger partial charge is 0.254 e. The number of hydrogen-bond acceptors (Lipinski definition) is 6. The minimum atomic E-state index is -0.774. The summed E-state index contributed by atoms with van der Waals surface area (Å²) in [4.78, 5) is 35.6. The van der Waals surface area contributed by atoms with E-state index in [9.17, 15) is 9.59 Å². The highest BCUT2D eigenvalue weighted by Gasteiger charge is 2.16.